The van der Waals surface area contributed by atoms with Crippen LogP contribution in [0.4, 0.5) is 0 Å². The van der Waals surface area contributed by atoms with E-state index in [1.165, 1.54) is 250 Å². The Kier molecular flexibility index (Phi) is 61.6. The molecule has 0 aromatic heterocycles. The third-order valence-corrected chi connectivity index (χ3v) is 15.2. The van der Waals surface area contributed by atoms with E-state index in [0.29, 0.717) is 19.3 Å². The van der Waals surface area contributed by atoms with Crippen LogP contribution < -0.4 is 0 Å². The van der Waals surface area contributed by atoms with Crippen molar-refractivity contribution in [3.05, 3.63) is 24.3 Å². The molecular formula is C68H128O6. The zero-order chi connectivity index (χ0) is 53.6. The summed E-state index contributed by atoms with van der Waals surface area (Å²) >= 11 is 0. The van der Waals surface area contributed by atoms with Crippen molar-refractivity contribution in [1.29, 1.82) is 0 Å². The van der Waals surface area contributed by atoms with Crippen LogP contribution in [0.15, 0.2) is 24.3 Å². The van der Waals surface area contributed by atoms with Gasteiger partial charge in [0.15, 0.2) is 6.10 Å². The van der Waals surface area contributed by atoms with Gasteiger partial charge in [-0.25, -0.2) is 0 Å². The molecule has 1 unspecified atom stereocenters. The second-order valence-electron chi connectivity index (χ2n) is 22.7. The number of carbonyl (C=O) groups is 3. The molecule has 0 bridgehead atoms. The van der Waals surface area contributed by atoms with E-state index in [2.05, 4.69) is 45.1 Å². The van der Waals surface area contributed by atoms with Gasteiger partial charge in [-0.15, -0.1) is 0 Å². The Bertz CT molecular complexity index is 1190. The predicted molar refractivity (Wildman–Crippen MR) is 321 cm³/mol. The average molecular weight is 1040 g/mol. The van der Waals surface area contributed by atoms with Crippen LogP contribution in [0.2, 0.25) is 0 Å². The molecule has 0 fully saturated rings. The summed E-state index contributed by atoms with van der Waals surface area (Å²) in [7, 11) is 0. The lowest BCUT2D eigenvalue weighted by molar-refractivity contribution is -0.167. The minimum absolute atomic E-state index is 0.0697. The molecular weight excluding hydrogens is 913 g/mol. The molecule has 6 nitrogen and oxygen atoms in total. The smallest absolute Gasteiger partial charge is 0.306 e. The molecule has 1 atom stereocenters. The van der Waals surface area contributed by atoms with E-state index >= 15 is 0 Å². The highest BCUT2D eigenvalue weighted by atomic mass is 16.6. The molecule has 0 amide bonds. The minimum atomic E-state index is -0.773. The summed E-state index contributed by atoms with van der Waals surface area (Å²) in [5.74, 6) is -0.857. The topological polar surface area (TPSA) is 78.9 Å². The van der Waals surface area contributed by atoms with Gasteiger partial charge >= 0.3 is 17.9 Å². The molecule has 0 rings (SSSR count). The number of hydrogen-bond acceptors (Lipinski definition) is 6. The van der Waals surface area contributed by atoms with Gasteiger partial charge < -0.3 is 14.2 Å². The number of hydrogen-bond donors (Lipinski definition) is 0. The molecule has 0 saturated carbocycles. The number of carbonyl (C=O) groups excluding carboxylic acids is 3. The average Bonchev–Trinajstić information content (AvgIpc) is 3.40. The van der Waals surface area contributed by atoms with Crippen molar-refractivity contribution < 1.29 is 28.6 Å². The van der Waals surface area contributed by atoms with E-state index < -0.39 is 6.10 Å². The summed E-state index contributed by atoms with van der Waals surface area (Å²) < 4.78 is 16.9. The molecule has 6 heteroatoms. The fraction of sp³-hybridized carbons (Fsp3) is 0.897. The van der Waals surface area contributed by atoms with E-state index in [9.17, 15) is 14.4 Å². The second kappa shape index (κ2) is 63.4. The lowest BCUT2D eigenvalue weighted by Crippen LogP contribution is -2.30. The Morgan fingerprint density at radius 3 is 0.797 bits per heavy atom. The number of ether oxygens (including phenoxy) is 3. The SMILES string of the molecule is CCC/C=C\C/C=C\CCCCCCCC(=O)OCC(COC(=O)CCCCCCCCCCCCCCCCCCCCCCCCCCCCCC)OC(=O)CCCCCCCCCCCCCCCCC. The van der Waals surface area contributed by atoms with Crippen LogP contribution in [0, 0.1) is 0 Å². The minimum Gasteiger partial charge on any atom is -0.462 e. The summed E-state index contributed by atoms with van der Waals surface area (Å²) in [5, 5.41) is 0. The Labute approximate surface area is 462 Å². The van der Waals surface area contributed by atoms with Crippen LogP contribution in [-0.2, 0) is 28.6 Å². The van der Waals surface area contributed by atoms with Gasteiger partial charge in [-0.2, -0.15) is 0 Å². The van der Waals surface area contributed by atoms with E-state index in [1.807, 2.05) is 0 Å². The van der Waals surface area contributed by atoms with Crippen LogP contribution in [0.3, 0.4) is 0 Å². The third kappa shape index (κ3) is 60.8. The molecule has 436 valence electrons. The molecule has 74 heavy (non-hydrogen) atoms. The van der Waals surface area contributed by atoms with Crippen LogP contribution >= 0.6 is 0 Å². The highest BCUT2D eigenvalue weighted by molar-refractivity contribution is 5.71. The van der Waals surface area contributed by atoms with Crippen LogP contribution in [0.1, 0.15) is 374 Å². The van der Waals surface area contributed by atoms with Crippen molar-refractivity contribution in [3.63, 3.8) is 0 Å². The number of unbranched alkanes of at least 4 members (excludes halogenated alkanes) is 47. The molecule has 0 aromatic rings. The highest BCUT2D eigenvalue weighted by Crippen LogP contribution is 2.19. The summed E-state index contributed by atoms with van der Waals surface area (Å²) in [5.41, 5.74) is 0. The van der Waals surface area contributed by atoms with Gasteiger partial charge in [0, 0.05) is 19.3 Å². The molecule has 0 heterocycles. The predicted octanol–water partition coefficient (Wildman–Crippen LogP) is 22.6. The summed E-state index contributed by atoms with van der Waals surface area (Å²) in [6.45, 7) is 6.63. The van der Waals surface area contributed by atoms with Crippen LogP contribution in [0.5, 0.6) is 0 Å². The first-order chi connectivity index (χ1) is 36.5. The maximum atomic E-state index is 12.9. The maximum Gasteiger partial charge on any atom is 0.306 e. The van der Waals surface area contributed by atoms with Crippen molar-refractivity contribution in [1.82, 2.24) is 0 Å². The van der Waals surface area contributed by atoms with Gasteiger partial charge in [0.1, 0.15) is 13.2 Å². The van der Waals surface area contributed by atoms with Gasteiger partial charge in [0.2, 0.25) is 0 Å². The molecule has 0 spiro atoms. The first-order valence-corrected chi connectivity index (χ1v) is 33.3. The standard InChI is InChI=1S/C68H128O6/c1-4-7-10-13-16-19-22-25-27-28-29-30-31-32-33-34-35-36-37-38-39-41-43-46-49-52-55-58-61-67(70)73-64-65(63-72-66(69)60-57-54-51-48-45-42-24-21-18-15-12-9-6-3)74-68(71)62-59-56-53-50-47-44-40-26-23-20-17-14-11-8-5-2/h12,15,21,24,65H,4-11,13-14,16-20,22-23,25-64H2,1-3H3/b15-12-,24-21-. The Balaban J connectivity index is 4.14. The largest absolute Gasteiger partial charge is 0.462 e. The third-order valence-electron chi connectivity index (χ3n) is 15.2. The summed E-state index contributed by atoms with van der Waals surface area (Å²) in [6, 6.07) is 0. The lowest BCUT2D eigenvalue weighted by atomic mass is 10.0. The Hall–Kier alpha value is -2.11. The number of esters is 3. The number of allylic oxidation sites excluding steroid dienone is 4. The van der Waals surface area contributed by atoms with Crippen molar-refractivity contribution in [2.45, 2.75) is 380 Å². The maximum absolute atomic E-state index is 12.9. The molecule has 0 aromatic carbocycles. The zero-order valence-corrected chi connectivity index (χ0v) is 50.1. The van der Waals surface area contributed by atoms with Gasteiger partial charge in [0.25, 0.3) is 0 Å². The van der Waals surface area contributed by atoms with E-state index in [0.717, 1.165) is 83.5 Å². The van der Waals surface area contributed by atoms with E-state index in [1.54, 1.807) is 0 Å². The van der Waals surface area contributed by atoms with E-state index in [4.69, 9.17) is 14.2 Å². The summed E-state index contributed by atoms with van der Waals surface area (Å²) in [6.07, 6.45) is 76.4. The molecule has 0 aliphatic heterocycles. The monoisotopic (exact) mass is 1040 g/mol. The van der Waals surface area contributed by atoms with Crippen LogP contribution in [0.25, 0.3) is 0 Å². The summed E-state index contributed by atoms with van der Waals surface area (Å²) in [4.78, 5) is 38.3. The highest BCUT2D eigenvalue weighted by Gasteiger charge is 2.19. The van der Waals surface area contributed by atoms with Gasteiger partial charge in [-0.05, 0) is 44.9 Å². The fourth-order valence-corrected chi connectivity index (χ4v) is 10.2. The van der Waals surface area contributed by atoms with Crippen molar-refractivity contribution in [2.75, 3.05) is 13.2 Å². The molecule has 0 radical (unpaired) electrons. The molecule has 0 aliphatic carbocycles. The zero-order valence-electron chi connectivity index (χ0n) is 50.1. The van der Waals surface area contributed by atoms with Crippen LogP contribution in [-0.4, -0.2) is 37.2 Å². The van der Waals surface area contributed by atoms with Crippen molar-refractivity contribution >= 4 is 17.9 Å². The van der Waals surface area contributed by atoms with E-state index in [-0.39, 0.29) is 31.1 Å². The first kappa shape index (κ1) is 71.9. The quantitative estimate of drug-likeness (QED) is 0.0261. The second-order valence-corrected chi connectivity index (χ2v) is 22.7. The molecule has 0 saturated heterocycles. The Morgan fingerprint density at radius 1 is 0.270 bits per heavy atom. The van der Waals surface area contributed by atoms with Gasteiger partial charge in [0.05, 0.1) is 0 Å². The van der Waals surface area contributed by atoms with Crippen molar-refractivity contribution in [2.24, 2.45) is 0 Å². The van der Waals surface area contributed by atoms with Gasteiger partial charge in [-0.3, -0.25) is 14.4 Å². The Morgan fingerprint density at radius 2 is 0.514 bits per heavy atom. The normalized spacial score (nSPS) is 12.1. The van der Waals surface area contributed by atoms with Crippen molar-refractivity contribution in [3.8, 4) is 0 Å². The number of rotatable bonds is 62. The first-order valence-electron chi connectivity index (χ1n) is 33.3. The van der Waals surface area contributed by atoms with Gasteiger partial charge in [-0.1, -0.05) is 334 Å². The molecule has 0 aliphatic rings. The fourth-order valence-electron chi connectivity index (χ4n) is 10.2. The lowest BCUT2D eigenvalue weighted by Gasteiger charge is -2.18. The molecule has 0 N–H and O–H groups in total.